The molecule has 2 rings (SSSR count). The molecule has 1 aliphatic rings. The van der Waals surface area contributed by atoms with Gasteiger partial charge in [-0.15, -0.1) is 0 Å². The van der Waals surface area contributed by atoms with Crippen molar-refractivity contribution in [3.05, 3.63) is 11.7 Å². The third-order valence-electron chi connectivity index (χ3n) is 3.32. The Kier molecular flexibility index (Phi) is 5.50. The van der Waals surface area contributed by atoms with Crippen molar-refractivity contribution < 1.29 is 9.32 Å². The highest BCUT2D eigenvalue weighted by Crippen LogP contribution is 2.24. The van der Waals surface area contributed by atoms with E-state index in [4.69, 9.17) is 4.52 Å². The lowest BCUT2D eigenvalue weighted by atomic mass is 10.2. The molecule has 1 aromatic rings. The topological polar surface area (TPSA) is 71.3 Å². The average molecular weight is 312 g/mol. The number of carbonyl (C=O) groups excluding carboxylic acids is 1. The molecule has 7 heteroatoms. The molecule has 0 spiro atoms. The molecule has 1 aromatic heterocycles. The van der Waals surface area contributed by atoms with Crippen molar-refractivity contribution in [2.45, 2.75) is 50.5 Å². The van der Waals surface area contributed by atoms with Gasteiger partial charge in [0.2, 0.25) is 5.89 Å². The van der Waals surface area contributed by atoms with Crippen LogP contribution >= 0.6 is 11.8 Å². The Labute approximate surface area is 130 Å². The fourth-order valence-corrected chi connectivity index (χ4v) is 3.66. The number of nitrogens with zero attached hydrogens (tertiary/aromatic N) is 3. The molecule has 1 aliphatic heterocycles. The molecule has 0 bridgehead atoms. The fraction of sp³-hybridized carbons (Fsp3) is 0.786. The molecular formula is C14H24N4O2S. The van der Waals surface area contributed by atoms with Crippen LogP contribution in [-0.2, 0) is 6.42 Å². The van der Waals surface area contributed by atoms with Gasteiger partial charge in [-0.05, 0) is 0 Å². The van der Waals surface area contributed by atoms with Crippen molar-refractivity contribution in [2.75, 3.05) is 19.6 Å². The van der Waals surface area contributed by atoms with Crippen molar-refractivity contribution in [1.82, 2.24) is 20.4 Å². The van der Waals surface area contributed by atoms with Crippen molar-refractivity contribution in [3.8, 4) is 0 Å². The quantitative estimate of drug-likeness (QED) is 0.923. The lowest BCUT2D eigenvalue weighted by Gasteiger charge is -2.34. The molecule has 2 amide bonds. The minimum absolute atomic E-state index is 0.00222. The molecule has 1 fully saturated rings. The number of hydrogen-bond donors (Lipinski definition) is 1. The van der Waals surface area contributed by atoms with E-state index in [1.54, 1.807) is 0 Å². The molecule has 0 radical (unpaired) electrons. The molecule has 0 saturated carbocycles. The molecule has 1 N–H and O–H groups in total. The summed E-state index contributed by atoms with van der Waals surface area (Å²) in [6, 6.07) is -0.00222. The van der Waals surface area contributed by atoms with E-state index >= 15 is 0 Å². The fourth-order valence-electron chi connectivity index (χ4n) is 2.34. The number of hydrogen-bond acceptors (Lipinski definition) is 5. The van der Waals surface area contributed by atoms with Crippen LogP contribution in [0.15, 0.2) is 4.52 Å². The summed E-state index contributed by atoms with van der Waals surface area (Å²) >= 11 is 1.93. The van der Waals surface area contributed by atoms with Gasteiger partial charge < -0.3 is 14.7 Å². The van der Waals surface area contributed by atoms with Crippen molar-refractivity contribution in [2.24, 2.45) is 0 Å². The molecule has 2 atom stereocenters. The second kappa shape index (κ2) is 7.15. The van der Waals surface area contributed by atoms with Crippen LogP contribution in [0.1, 0.15) is 45.3 Å². The van der Waals surface area contributed by atoms with E-state index in [0.717, 1.165) is 13.1 Å². The van der Waals surface area contributed by atoms with Crippen LogP contribution in [0.25, 0.3) is 0 Å². The first kappa shape index (κ1) is 16.1. The first-order chi connectivity index (χ1) is 9.95. The Hall–Kier alpha value is -1.24. The van der Waals surface area contributed by atoms with Crippen LogP contribution in [0.2, 0.25) is 0 Å². The van der Waals surface area contributed by atoms with E-state index in [1.807, 2.05) is 30.5 Å². The predicted molar refractivity (Wildman–Crippen MR) is 83.6 cm³/mol. The molecule has 2 heterocycles. The molecule has 1 saturated heterocycles. The number of carbonyl (C=O) groups is 1. The normalized spacial score (nSPS) is 22.6. The third kappa shape index (κ3) is 4.62. The largest absolute Gasteiger partial charge is 0.339 e. The van der Waals surface area contributed by atoms with Crippen molar-refractivity contribution in [3.63, 3.8) is 0 Å². The number of rotatable bonds is 4. The van der Waals surface area contributed by atoms with Gasteiger partial charge >= 0.3 is 6.03 Å². The van der Waals surface area contributed by atoms with E-state index in [2.05, 4.69) is 29.3 Å². The highest BCUT2D eigenvalue weighted by Gasteiger charge is 2.25. The summed E-state index contributed by atoms with van der Waals surface area (Å²) in [6.07, 6.45) is 0.569. The number of nitrogens with one attached hydrogen (secondary N) is 1. The van der Waals surface area contributed by atoms with E-state index < -0.39 is 0 Å². The Morgan fingerprint density at radius 2 is 2.10 bits per heavy atom. The lowest BCUT2D eigenvalue weighted by molar-refractivity contribution is 0.197. The molecule has 0 unspecified atom stereocenters. The third-order valence-corrected chi connectivity index (χ3v) is 4.55. The van der Waals surface area contributed by atoms with Gasteiger partial charge in [0.15, 0.2) is 5.82 Å². The maximum absolute atomic E-state index is 12.1. The first-order valence-corrected chi connectivity index (χ1v) is 8.40. The van der Waals surface area contributed by atoms with E-state index in [0.29, 0.717) is 35.2 Å². The minimum Gasteiger partial charge on any atom is -0.339 e. The molecule has 6 nitrogen and oxygen atoms in total. The maximum Gasteiger partial charge on any atom is 0.317 e. The summed E-state index contributed by atoms with van der Waals surface area (Å²) in [7, 11) is 0. The van der Waals surface area contributed by atoms with Crippen LogP contribution in [0, 0.1) is 0 Å². The Morgan fingerprint density at radius 1 is 1.43 bits per heavy atom. The molecule has 0 aliphatic carbocycles. The van der Waals surface area contributed by atoms with E-state index in [-0.39, 0.29) is 11.9 Å². The Morgan fingerprint density at radius 3 is 2.67 bits per heavy atom. The highest BCUT2D eigenvalue weighted by molar-refractivity contribution is 8.00. The van der Waals surface area contributed by atoms with Gasteiger partial charge in [-0.2, -0.15) is 16.7 Å². The molecule has 118 valence electrons. The average Bonchev–Trinajstić information content (AvgIpc) is 2.86. The molecule has 21 heavy (non-hydrogen) atoms. The van der Waals surface area contributed by atoms with Gasteiger partial charge in [0.1, 0.15) is 0 Å². The number of aromatic nitrogens is 2. The Balaban J connectivity index is 1.76. The van der Waals surface area contributed by atoms with E-state index in [1.165, 1.54) is 0 Å². The van der Waals surface area contributed by atoms with Gasteiger partial charge in [0.25, 0.3) is 0 Å². The summed E-state index contributed by atoms with van der Waals surface area (Å²) in [5, 5.41) is 7.82. The minimum atomic E-state index is -0.00222. The Bertz CT molecular complexity index is 467. The summed E-state index contributed by atoms with van der Waals surface area (Å²) in [6.45, 7) is 10.5. The maximum atomic E-state index is 12.1. The summed E-state index contributed by atoms with van der Waals surface area (Å²) in [5.41, 5.74) is 0. The van der Waals surface area contributed by atoms with Gasteiger partial charge in [-0.25, -0.2) is 4.79 Å². The van der Waals surface area contributed by atoms with Crippen LogP contribution in [0.5, 0.6) is 0 Å². The zero-order valence-electron chi connectivity index (χ0n) is 13.1. The van der Waals surface area contributed by atoms with Crippen LogP contribution in [0.3, 0.4) is 0 Å². The van der Waals surface area contributed by atoms with Crippen molar-refractivity contribution in [1.29, 1.82) is 0 Å². The van der Waals surface area contributed by atoms with Gasteiger partial charge in [-0.3, -0.25) is 0 Å². The SMILES string of the molecule is CC(C)c1noc(CCNC(=O)N2C[C@@H](C)S[C@H](C)C2)n1. The monoisotopic (exact) mass is 312 g/mol. The van der Waals surface area contributed by atoms with Crippen LogP contribution in [-0.4, -0.2) is 51.2 Å². The van der Waals surface area contributed by atoms with Gasteiger partial charge in [0, 0.05) is 42.5 Å². The summed E-state index contributed by atoms with van der Waals surface area (Å²) in [5.74, 6) is 1.55. The lowest BCUT2D eigenvalue weighted by Crippen LogP contribution is -2.48. The standard InChI is InChI=1S/C14H24N4O2S/c1-9(2)13-16-12(20-17-13)5-6-15-14(19)18-7-10(3)21-11(4)8-18/h9-11H,5-8H2,1-4H3,(H,15,19)/t10-,11-/m1/s1. The number of thioether (sulfide) groups is 1. The highest BCUT2D eigenvalue weighted by atomic mass is 32.2. The smallest absolute Gasteiger partial charge is 0.317 e. The molecular weight excluding hydrogens is 288 g/mol. The zero-order chi connectivity index (χ0) is 15.4. The second-order valence-corrected chi connectivity index (χ2v) is 7.73. The number of urea groups is 1. The van der Waals surface area contributed by atoms with Crippen molar-refractivity contribution >= 4 is 17.8 Å². The van der Waals surface area contributed by atoms with Gasteiger partial charge in [-0.1, -0.05) is 32.9 Å². The molecule has 0 aromatic carbocycles. The van der Waals surface area contributed by atoms with Crippen LogP contribution in [0.4, 0.5) is 4.79 Å². The predicted octanol–water partition coefficient (Wildman–Crippen LogP) is 2.27. The summed E-state index contributed by atoms with van der Waals surface area (Å²) in [4.78, 5) is 18.3. The second-order valence-electron chi connectivity index (χ2n) is 5.85. The zero-order valence-corrected chi connectivity index (χ0v) is 13.9. The number of amides is 2. The first-order valence-electron chi connectivity index (χ1n) is 7.46. The van der Waals surface area contributed by atoms with Gasteiger partial charge in [0.05, 0.1) is 0 Å². The summed E-state index contributed by atoms with van der Waals surface area (Å²) < 4.78 is 5.16. The van der Waals surface area contributed by atoms with E-state index in [9.17, 15) is 4.79 Å². The van der Waals surface area contributed by atoms with Crippen LogP contribution < -0.4 is 5.32 Å².